The zero-order valence-corrected chi connectivity index (χ0v) is 12.7. The molecule has 2 atom stereocenters. The summed E-state index contributed by atoms with van der Waals surface area (Å²) in [4.78, 5) is 11.9. The highest BCUT2D eigenvalue weighted by Crippen LogP contribution is 2.22. The van der Waals surface area contributed by atoms with E-state index >= 15 is 0 Å². The van der Waals surface area contributed by atoms with Gasteiger partial charge in [-0.15, -0.1) is 0 Å². The Hall–Kier alpha value is -1.42. The third-order valence-corrected chi connectivity index (χ3v) is 4.32. The first kappa shape index (κ1) is 16.0. The van der Waals surface area contributed by atoms with Crippen molar-refractivity contribution in [2.45, 2.75) is 32.6 Å². The molecule has 1 aliphatic heterocycles. The summed E-state index contributed by atoms with van der Waals surface area (Å²) in [7, 11) is 0. The Morgan fingerprint density at radius 2 is 2.29 bits per heavy atom. The quantitative estimate of drug-likeness (QED) is 0.846. The Morgan fingerprint density at radius 1 is 1.48 bits per heavy atom. The van der Waals surface area contributed by atoms with Gasteiger partial charge in [-0.2, -0.15) is 0 Å². The molecule has 2 N–H and O–H groups in total. The van der Waals surface area contributed by atoms with Gasteiger partial charge < -0.3 is 10.6 Å². The lowest BCUT2D eigenvalue weighted by atomic mass is 9.85. The van der Waals surface area contributed by atoms with E-state index < -0.39 is 0 Å². The van der Waals surface area contributed by atoms with Crippen LogP contribution in [-0.4, -0.2) is 25.5 Å². The van der Waals surface area contributed by atoms with Crippen LogP contribution in [0.3, 0.4) is 0 Å². The molecular formula is C17H25FN2O. The minimum Gasteiger partial charge on any atom is -0.356 e. The number of amides is 1. The molecule has 3 nitrogen and oxygen atoms in total. The monoisotopic (exact) mass is 292 g/mol. The molecule has 1 aromatic rings. The van der Waals surface area contributed by atoms with Crippen molar-refractivity contribution < 1.29 is 9.18 Å². The zero-order chi connectivity index (χ0) is 15.1. The lowest BCUT2D eigenvalue weighted by Crippen LogP contribution is -2.36. The maximum atomic E-state index is 13.4. The first-order valence-electron chi connectivity index (χ1n) is 7.87. The Bertz CT molecular complexity index is 458. The van der Waals surface area contributed by atoms with Crippen LogP contribution in [0, 0.1) is 17.7 Å². The molecule has 2 rings (SSSR count). The lowest BCUT2D eigenvalue weighted by molar-refractivity contribution is -0.122. The lowest BCUT2D eigenvalue weighted by Gasteiger charge is -2.28. The molecule has 0 radical (unpaired) electrons. The van der Waals surface area contributed by atoms with E-state index in [1.165, 1.54) is 18.9 Å². The van der Waals surface area contributed by atoms with Crippen LogP contribution in [-0.2, 0) is 11.2 Å². The fourth-order valence-corrected chi connectivity index (χ4v) is 2.93. The maximum absolute atomic E-state index is 13.4. The predicted octanol–water partition coefficient (Wildman–Crippen LogP) is 2.51. The SMILES string of the molecule is CC(CC(=O)NCCc1ccccc1F)C1CCCNC1. The second-order valence-electron chi connectivity index (χ2n) is 5.98. The number of carbonyl (C=O) groups is 1. The fourth-order valence-electron chi connectivity index (χ4n) is 2.93. The molecule has 1 aromatic carbocycles. The average Bonchev–Trinajstić information content (AvgIpc) is 2.50. The van der Waals surface area contributed by atoms with Gasteiger partial charge in [0.05, 0.1) is 0 Å². The highest BCUT2D eigenvalue weighted by molar-refractivity contribution is 5.76. The van der Waals surface area contributed by atoms with Crippen LogP contribution in [0.2, 0.25) is 0 Å². The highest BCUT2D eigenvalue weighted by atomic mass is 19.1. The van der Waals surface area contributed by atoms with Crippen molar-refractivity contribution in [3.63, 3.8) is 0 Å². The van der Waals surface area contributed by atoms with Crippen LogP contribution in [0.1, 0.15) is 31.7 Å². The van der Waals surface area contributed by atoms with E-state index in [1.54, 1.807) is 12.1 Å². The molecule has 116 valence electrons. The summed E-state index contributed by atoms with van der Waals surface area (Å²) in [5.74, 6) is 0.861. The Balaban J connectivity index is 1.68. The van der Waals surface area contributed by atoms with Crippen molar-refractivity contribution in [2.24, 2.45) is 11.8 Å². The van der Waals surface area contributed by atoms with Crippen LogP contribution in [0.15, 0.2) is 24.3 Å². The molecule has 1 aliphatic rings. The largest absolute Gasteiger partial charge is 0.356 e. The smallest absolute Gasteiger partial charge is 0.220 e. The van der Waals surface area contributed by atoms with Gasteiger partial charge in [-0.1, -0.05) is 25.1 Å². The van der Waals surface area contributed by atoms with Crippen molar-refractivity contribution in [1.29, 1.82) is 0 Å². The summed E-state index contributed by atoms with van der Waals surface area (Å²) in [6.45, 7) is 4.76. The minimum atomic E-state index is -0.201. The molecule has 0 bridgehead atoms. The van der Waals surface area contributed by atoms with Gasteiger partial charge in [-0.25, -0.2) is 4.39 Å². The first-order chi connectivity index (χ1) is 10.2. The summed E-state index contributed by atoms with van der Waals surface area (Å²) >= 11 is 0. The molecule has 1 fully saturated rings. The van der Waals surface area contributed by atoms with Gasteiger partial charge >= 0.3 is 0 Å². The molecule has 0 aromatic heterocycles. The van der Waals surface area contributed by atoms with Crippen molar-refractivity contribution in [1.82, 2.24) is 10.6 Å². The van der Waals surface area contributed by atoms with Crippen LogP contribution in [0.4, 0.5) is 4.39 Å². The summed E-state index contributed by atoms with van der Waals surface area (Å²) in [5, 5.41) is 6.29. The van der Waals surface area contributed by atoms with E-state index in [4.69, 9.17) is 0 Å². The highest BCUT2D eigenvalue weighted by Gasteiger charge is 2.21. The normalized spacial score (nSPS) is 20.0. The van der Waals surface area contributed by atoms with E-state index in [9.17, 15) is 9.18 Å². The first-order valence-corrected chi connectivity index (χ1v) is 7.87. The number of carbonyl (C=O) groups excluding carboxylic acids is 1. The van der Waals surface area contributed by atoms with Crippen LogP contribution >= 0.6 is 0 Å². The molecule has 2 unspecified atom stereocenters. The van der Waals surface area contributed by atoms with E-state index in [0.29, 0.717) is 36.8 Å². The number of benzene rings is 1. The van der Waals surface area contributed by atoms with E-state index in [1.807, 2.05) is 6.07 Å². The molecule has 0 aliphatic carbocycles. The number of hydrogen-bond acceptors (Lipinski definition) is 2. The standard InChI is InChI=1S/C17H25FN2O/c1-13(15-6-4-9-19-12-15)11-17(21)20-10-8-14-5-2-3-7-16(14)18/h2-3,5,7,13,15,19H,4,6,8-12H2,1H3,(H,20,21). The van der Waals surface area contributed by atoms with Gasteiger partial charge in [0.2, 0.25) is 5.91 Å². The molecule has 1 amide bonds. The van der Waals surface area contributed by atoms with Gasteiger partial charge in [0.1, 0.15) is 5.82 Å². The van der Waals surface area contributed by atoms with E-state index in [2.05, 4.69) is 17.6 Å². The maximum Gasteiger partial charge on any atom is 0.220 e. The van der Waals surface area contributed by atoms with Crippen molar-refractivity contribution in [3.05, 3.63) is 35.6 Å². The summed E-state index contributed by atoms with van der Waals surface area (Å²) < 4.78 is 13.4. The number of piperidine rings is 1. The summed E-state index contributed by atoms with van der Waals surface area (Å²) in [6.07, 6.45) is 3.50. The Labute approximate surface area is 126 Å². The second-order valence-corrected chi connectivity index (χ2v) is 5.98. The molecular weight excluding hydrogens is 267 g/mol. The van der Waals surface area contributed by atoms with Crippen molar-refractivity contribution in [2.75, 3.05) is 19.6 Å². The summed E-state index contributed by atoms with van der Waals surface area (Å²) in [6, 6.07) is 6.71. The topological polar surface area (TPSA) is 41.1 Å². The molecule has 4 heteroatoms. The number of nitrogens with one attached hydrogen (secondary N) is 2. The van der Waals surface area contributed by atoms with Gasteiger partial charge in [-0.3, -0.25) is 4.79 Å². The molecule has 0 spiro atoms. The number of halogens is 1. The van der Waals surface area contributed by atoms with E-state index in [0.717, 1.165) is 13.1 Å². The third kappa shape index (κ3) is 5.12. The van der Waals surface area contributed by atoms with Crippen LogP contribution in [0.25, 0.3) is 0 Å². The van der Waals surface area contributed by atoms with E-state index in [-0.39, 0.29) is 11.7 Å². The van der Waals surface area contributed by atoms with Gasteiger partial charge in [0, 0.05) is 13.0 Å². The average molecular weight is 292 g/mol. The number of rotatable bonds is 6. The third-order valence-electron chi connectivity index (χ3n) is 4.32. The van der Waals surface area contributed by atoms with Crippen LogP contribution in [0.5, 0.6) is 0 Å². The molecule has 1 heterocycles. The van der Waals surface area contributed by atoms with Crippen molar-refractivity contribution >= 4 is 5.91 Å². The zero-order valence-electron chi connectivity index (χ0n) is 12.7. The van der Waals surface area contributed by atoms with Gasteiger partial charge in [-0.05, 0) is 55.8 Å². The molecule has 0 saturated carbocycles. The minimum absolute atomic E-state index is 0.0735. The number of hydrogen-bond donors (Lipinski definition) is 2. The fraction of sp³-hybridized carbons (Fsp3) is 0.588. The van der Waals surface area contributed by atoms with Gasteiger partial charge in [0.15, 0.2) is 0 Å². The predicted molar refractivity (Wildman–Crippen MR) is 82.5 cm³/mol. The molecule has 21 heavy (non-hydrogen) atoms. The molecule has 1 saturated heterocycles. The Morgan fingerprint density at radius 3 is 3.00 bits per heavy atom. The van der Waals surface area contributed by atoms with Crippen LogP contribution < -0.4 is 10.6 Å². The Kier molecular flexibility index (Phi) is 6.18. The van der Waals surface area contributed by atoms with Crippen molar-refractivity contribution in [3.8, 4) is 0 Å². The second kappa shape index (κ2) is 8.13. The summed E-state index contributed by atoms with van der Waals surface area (Å²) in [5.41, 5.74) is 0.655. The van der Waals surface area contributed by atoms with Gasteiger partial charge in [0.25, 0.3) is 0 Å².